The SMILES string of the molecule is CC(C)=CCSc1cccc(/C(C)=C/c2ccc(C(=O)O)cc2)c1. The highest BCUT2D eigenvalue weighted by molar-refractivity contribution is 7.99. The third kappa shape index (κ3) is 5.43. The zero-order valence-corrected chi connectivity index (χ0v) is 15.1. The number of thioether (sulfide) groups is 1. The van der Waals surface area contributed by atoms with Crippen LogP contribution in [0.25, 0.3) is 11.6 Å². The van der Waals surface area contributed by atoms with Gasteiger partial charge in [-0.2, -0.15) is 0 Å². The van der Waals surface area contributed by atoms with Crippen molar-refractivity contribution in [1.29, 1.82) is 0 Å². The highest BCUT2D eigenvalue weighted by Gasteiger charge is 2.02. The molecule has 0 saturated heterocycles. The minimum absolute atomic E-state index is 0.308. The van der Waals surface area contributed by atoms with Crippen molar-refractivity contribution < 1.29 is 9.90 Å². The van der Waals surface area contributed by atoms with Crippen LogP contribution in [-0.4, -0.2) is 16.8 Å². The molecule has 124 valence electrons. The molecule has 0 spiro atoms. The molecule has 0 unspecified atom stereocenters. The van der Waals surface area contributed by atoms with E-state index in [0.29, 0.717) is 5.56 Å². The monoisotopic (exact) mass is 338 g/mol. The zero-order valence-electron chi connectivity index (χ0n) is 14.2. The predicted octanol–water partition coefficient (Wildman–Crippen LogP) is 6.00. The molecule has 0 radical (unpaired) electrons. The zero-order chi connectivity index (χ0) is 17.5. The molecule has 2 aromatic rings. The summed E-state index contributed by atoms with van der Waals surface area (Å²) in [4.78, 5) is 12.1. The fourth-order valence-corrected chi connectivity index (χ4v) is 3.19. The van der Waals surface area contributed by atoms with E-state index in [4.69, 9.17) is 5.11 Å². The molecule has 2 nitrogen and oxygen atoms in total. The summed E-state index contributed by atoms with van der Waals surface area (Å²) < 4.78 is 0. The quantitative estimate of drug-likeness (QED) is 0.398. The largest absolute Gasteiger partial charge is 0.478 e. The Morgan fingerprint density at radius 3 is 2.38 bits per heavy atom. The van der Waals surface area contributed by atoms with E-state index in [1.165, 1.54) is 16.0 Å². The van der Waals surface area contributed by atoms with Crippen molar-refractivity contribution in [2.75, 3.05) is 5.75 Å². The lowest BCUT2D eigenvalue weighted by Gasteiger charge is -2.06. The molecular weight excluding hydrogens is 316 g/mol. The summed E-state index contributed by atoms with van der Waals surface area (Å²) >= 11 is 1.82. The van der Waals surface area contributed by atoms with Crippen molar-refractivity contribution in [3.8, 4) is 0 Å². The molecular formula is C21H22O2S. The average Bonchev–Trinajstić information content (AvgIpc) is 2.55. The summed E-state index contributed by atoms with van der Waals surface area (Å²) in [6, 6.07) is 15.4. The number of carboxylic acid groups (broad SMARTS) is 1. The Labute approximate surface area is 147 Å². The number of hydrogen-bond acceptors (Lipinski definition) is 2. The van der Waals surface area contributed by atoms with Gasteiger partial charge in [-0.15, -0.1) is 11.8 Å². The minimum Gasteiger partial charge on any atom is -0.478 e. The maximum atomic E-state index is 10.9. The first kappa shape index (κ1) is 18.1. The summed E-state index contributed by atoms with van der Waals surface area (Å²) in [6.45, 7) is 6.30. The summed E-state index contributed by atoms with van der Waals surface area (Å²) in [5, 5.41) is 8.95. The Kier molecular flexibility index (Phi) is 6.44. The second-order valence-corrected chi connectivity index (χ2v) is 6.97. The van der Waals surface area contributed by atoms with Gasteiger partial charge < -0.3 is 5.11 Å². The van der Waals surface area contributed by atoms with Crippen LogP contribution in [-0.2, 0) is 0 Å². The van der Waals surface area contributed by atoms with E-state index in [9.17, 15) is 4.79 Å². The third-order valence-electron chi connectivity index (χ3n) is 3.57. The van der Waals surface area contributed by atoms with Crippen LogP contribution >= 0.6 is 11.8 Å². The molecule has 0 saturated carbocycles. The lowest BCUT2D eigenvalue weighted by Crippen LogP contribution is -1.94. The Bertz CT molecular complexity index is 767. The second kappa shape index (κ2) is 8.55. The van der Waals surface area contributed by atoms with Gasteiger partial charge in [-0.25, -0.2) is 4.79 Å². The summed E-state index contributed by atoms with van der Waals surface area (Å²) in [7, 11) is 0. The first-order chi connectivity index (χ1) is 11.5. The first-order valence-corrected chi connectivity index (χ1v) is 8.82. The van der Waals surface area contributed by atoms with E-state index in [-0.39, 0.29) is 0 Å². The van der Waals surface area contributed by atoms with Crippen molar-refractivity contribution in [2.45, 2.75) is 25.7 Å². The molecule has 0 heterocycles. The number of carboxylic acids is 1. The molecule has 24 heavy (non-hydrogen) atoms. The molecule has 0 aliphatic rings. The molecule has 1 N–H and O–H groups in total. The minimum atomic E-state index is -0.900. The van der Waals surface area contributed by atoms with Gasteiger partial charge in [0.05, 0.1) is 5.56 Å². The summed E-state index contributed by atoms with van der Waals surface area (Å²) in [6.07, 6.45) is 4.30. The lowest BCUT2D eigenvalue weighted by molar-refractivity contribution is 0.0697. The molecule has 0 atom stereocenters. The summed E-state index contributed by atoms with van der Waals surface area (Å²) in [5.41, 5.74) is 4.98. The topological polar surface area (TPSA) is 37.3 Å². The van der Waals surface area contributed by atoms with Crippen molar-refractivity contribution in [3.05, 3.63) is 76.9 Å². The number of benzene rings is 2. The van der Waals surface area contributed by atoms with Gasteiger partial charge >= 0.3 is 5.97 Å². The molecule has 0 aromatic heterocycles. The van der Waals surface area contributed by atoms with Gasteiger partial charge in [0, 0.05) is 10.6 Å². The van der Waals surface area contributed by atoms with Crippen LogP contribution < -0.4 is 0 Å². The standard InChI is InChI=1S/C21H22O2S/c1-15(2)11-12-24-20-6-4-5-19(14-20)16(3)13-17-7-9-18(10-8-17)21(22)23/h4-11,13-14H,12H2,1-3H3,(H,22,23)/b16-13+. The highest BCUT2D eigenvalue weighted by atomic mass is 32.2. The van der Waals surface area contributed by atoms with Crippen LogP contribution in [0, 0.1) is 0 Å². The van der Waals surface area contributed by atoms with Crippen LogP contribution in [0.3, 0.4) is 0 Å². The highest BCUT2D eigenvalue weighted by Crippen LogP contribution is 2.24. The van der Waals surface area contributed by atoms with Gasteiger partial charge in [0.25, 0.3) is 0 Å². The predicted molar refractivity (Wildman–Crippen MR) is 104 cm³/mol. The Balaban J connectivity index is 2.14. The van der Waals surface area contributed by atoms with Crippen LogP contribution in [0.5, 0.6) is 0 Å². The van der Waals surface area contributed by atoms with Gasteiger partial charge in [-0.3, -0.25) is 0 Å². The average molecular weight is 338 g/mol. The molecule has 3 heteroatoms. The second-order valence-electron chi connectivity index (χ2n) is 5.87. The van der Waals surface area contributed by atoms with Gasteiger partial charge in [0.2, 0.25) is 0 Å². The molecule has 0 aliphatic carbocycles. The third-order valence-corrected chi connectivity index (χ3v) is 4.49. The van der Waals surface area contributed by atoms with Crippen LogP contribution in [0.4, 0.5) is 0 Å². The number of aromatic carboxylic acids is 1. The van der Waals surface area contributed by atoms with Gasteiger partial charge in [0.15, 0.2) is 0 Å². The number of hydrogen-bond donors (Lipinski definition) is 1. The fraction of sp³-hybridized carbons (Fsp3) is 0.190. The Morgan fingerprint density at radius 2 is 1.75 bits per heavy atom. The van der Waals surface area contributed by atoms with Gasteiger partial charge in [-0.05, 0) is 61.7 Å². The smallest absolute Gasteiger partial charge is 0.335 e. The molecule has 0 bridgehead atoms. The Morgan fingerprint density at radius 1 is 1.04 bits per heavy atom. The van der Waals surface area contributed by atoms with Crippen molar-refractivity contribution in [2.24, 2.45) is 0 Å². The van der Waals surface area contributed by atoms with E-state index in [0.717, 1.165) is 16.9 Å². The number of allylic oxidation sites excluding steroid dienone is 2. The van der Waals surface area contributed by atoms with E-state index >= 15 is 0 Å². The van der Waals surface area contributed by atoms with Crippen LogP contribution in [0.15, 0.2) is 65.1 Å². The van der Waals surface area contributed by atoms with Gasteiger partial charge in [-0.1, -0.05) is 42.0 Å². The molecule has 2 aromatic carbocycles. The maximum Gasteiger partial charge on any atom is 0.335 e. The number of carbonyl (C=O) groups is 1. The van der Waals surface area contributed by atoms with Gasteiger partial charge in [0.1, 0.15) is 0 Å². The molecule has 0 fully saturated rings. The molecule has 0 aliphatic heterocycles. The summed E-state index contributed by atoms with van der Waals surface area (Å²) in [5.74, 6) is 0.0777. The van der Waals surface area contributed by atoms with Crippen molar-refractivity contribution >= 4 is 29.4 Å². The van der Waals surface area contributed by atoms with E-state index in [2.05, 4.69) is 57.2 Å². The normalized spacial score (nSPS) is 11.2. The number of rotatable bonds is 6. The molecule has 0 amide bonds. The van der Waals surface area contributed by atoms with Crippen molar-refractivity contribution in [1.82, 2.24) is 0 Å². The van der Waals surface area contributed by atoms with E-state index < -0.39 is 5.97 Å². The fourth-order valence-electron chi connectivity index (χ4n) is 2.19. The van der Waals surface area contributed by atoms with E-state index in [1.54, 1.807) is 12.1 Å². The van der Waals surface area contributed by atoms with E-state index in [1.807, 2.05) is 23.9 Å². The van der Waals surface area contributed by atoms with Crippen LogP contribution in [0.2, 0.25) is 0 Å². The maximum absolute atomic E-state index is 10.9. The first-order valence-electron chi connectivity index (χ1n) is 7.84. The van der Waals surface area contributed by atoms with Crippen molar-refractivity contribution in [3.63, 3.8) is 0 Å². The Hall–Kier alpha value is -2.26. The molecule has 2 rings (SSSR count). The lowest BCUT2D eigenvalue weighted by atomic mass is 10.0. The van der Waals surface area contributed by atoms with Crippen LogP contribution in [0.1, 0.15) is 42.3 Å².